The van der Waals surface area contributed by atoms with Gasteiger partial charge in [-0.15, -0.1) is 0 Å². The first-order valence-electron chi connectivity index (χ1n) is 4.23. The first-order chi connectivity index (χ1) is 6.36. The Hall–Kier alpha value is -1.36. The summed E-state index contributed by atoms with van der Waals surface area (Å²) >= 11 is 0. The summed E-state index contributed by atoms with van der Waals surface area (Å²) in [6.07, 6.45) is -0.642. The molecular weight excluding hydrogens is 186 g/mol. The number of carbonyl (C=O) groups excluding carboxylic acids is 1. The monoisotopic (exact) mass is 201 g/mol. The Morgan fingerprint density at radius 2 is 1.79 bits per heavy atom. The van der Waals surface area contributed by atoms with E-state index in [0.29, 0.717) is 0 Å². The summed E-state index contributed by atoms with van der Waals surface area (Å²) < 4.78 is 0. The minimum Gasteiger partial charge on any atom is -0.478 e. The number of aliphatic hydroxyl groups excluding tert-OH is 1. The third-order valence-corrected chi connectivity index (χ3v) is 1.78. The molecule has 0 spiro atoms. The smallest absolute Gasteiger partial charge is 0.331 e. The number of rotatable bonds is 4. The van der Waals surface area contributed by atoms with Gasteiger partial charge in [-0.1, -0.05) is 0 Å². The molecule has 0 rings (SSSR count). The van der Waals surface area contributed by atoms with Crippen LogP contribution in [0.1, 0.15) is 20.8 Å². The van der Waals surface area contributed by atoms with Gasteiger partial charge in [-0.3, -0.25) is 4.79 Å². The van der Waals surface area contributed by atoms with Crippen LogP contribution in [-0.4, -0.2) is 34.7 Å². The molecule has 3 N–H and O–H groups in total. The van der Waals surface area contributed by atoms with Gasteiger partial charge in [0.2, 0.25) is 5.91 Å². The van der Waals surface area contributed by atoms with Gasteiger partial charge in [-0.2, -0.15) is 0 Å². The molecule has 1 atom stereocenters. The Bertz CT molecular complexity index is 268. The lowest BCUT2D eigenvalue weighted by Crippen LogP contribution is -2.31. The molecule has 1 unspecified atom stereocenters. The number of amides is 1. The second-order valence-electron chi connectivity index (χ2n) is 3.11. The number of hydrogen-bond donors (Lipinski definition) is 3. The van der Waals surface area contributed by atoms with E-state index in [0.717, 1.165) is 0 Å². The van der Waals surface area contributed by atoms with E-state index in [1.54, 1.807) is 0 Å². The summed E-state index contributed by atoms with van der Waals surface area (Å²) in [5.74, 6) is -1.58. The van der Waals surface area contributed by atoms with Crippen molar-refractivity contribution in [1.29, 1.82) is 0 Å². The van der Waals surface area contributed by atoms with Gasteiger partial charge in [0.05, 0.1) is 6.10 Å². The van der Waals surface area contributed by atoms with Gasteiger partial charge >= 0.3 is 5.97 Å². The molecule has 0 aliphatic rings. The van der Waals surface area contributed by atoms with Crippen molar-refractivity contribution < 1.29 is 19.8 Å². The van der Waals surface area contributed by atoms with Gasteiger partial charge in [0, 0.05) is 17.7 Å². The SMILES string of the molecule is CC(C(=O)O)=C(C)C(=O)NCC(C)O. The average molecular weight is 201 g/mol. The zero-order valence-electron chi connectivity index (χ0n) is 8.50. The third-order valence-electron chi connectivity index (χ3n) is 1.78. The highest BCUT2D eigenvalue weighted by atomic mass is 16.4. The number of aliphatic hydroxyl groups is 1. The largest absolute Gasteiger partial charge is 0.478 e. The molecule has 0 saturated carbocycles. The number of nitrogens with one attached hydrogen (secondary N) is 1. The van der Waals surface area contributed by atoms with E-state index in [9.17, 15) is 9.59 Å². The Morgan fingerprint density at radius 1 is 1.29 bits per heavy atom. The summed E-state index contributed by atoms with van der Waals surface area (Å²) in [6.45, 7) is 4.44. The number of carbonyl (C=O) groups is 2. The Labute approximate surface area is 82.4 Å². The van der Waals surface area contributed by atoms with E-state index in [-0.39, 0.29) is 17.7 Å². The van der Waals surface area contributed by atoms with Gasteiger partial charge < -0.3 is 15.5 Å². The van der Waals surface area contributed by atoms with Gasteiger partial charge in [0.25, 0.3) is 0 Å². The van der Waals surface area contributed by atoms with Crippen LogP contribution in [0.2, 0.25) is 0 Å². The Balaban J connectivity index is 4.39. The van der Waals surface area contributed by atoms with Crippen molar-refractivity contribution in [3.8, 4) is 0 Å². The fourth-order valence-corrected chi connectivity index (χ4v) is 0.704. The van der Waals surface area contributed by atoms with Crippen LogP contribution in [0.15, 0.2) is 11.1 Å². The normalized spacial score (nSPS) is 14.3. The molecule has 0 fully saturated rings. The summed E-state index contributed by atoms with van der Waals surface area (Å²) in [5, 5.41) is 19.9. The van der Waals surface area contributed by atoms with Crippen molar-refractivity contribution >= 4 is 11.9 Å². The van der Waals surface area contributed by atoms with Crippen molar-refractivity contribution in [1.82, 2.24) is 5.32 Å². The molecule has 0 aromatic carbocycles. The lowest BCUT2D eigenvalue weighted by molar-refractivity contribution is -0.133. The lowest BCUT2D eigenvalue weighted by Gasteiger charge is -2.08. The van der Waals surface area contributed by atoms with Crippen LogP contribution in [0.25, 0.3) is 0 Å². The van der Waals surface area contributed by atoms with Crippen LogP contribution < -0.4 is 5.32 Å². The summed E-state index contributed by atoms with van der Waals surface area (Å²) in [5.41, 5.74) is 0.159. The maximum Gasteiger partial charge on any atom is 0.331 e. The van der Waals surface area contributed by atoms with Crippen LogP contribution in [-0.2, 0) is 9.59 Å². The van der Waals surface area contributed by atoms with E-state index < -0.39 is 18.0 Å². The number of aliphatic carboxylic acids is 1. The molecule has 0 aliphatic heterocycles. The van der Waals surface area contributed by atoms with E-state index in [1.165, 1.54) is 20.8 Å². The summed E-state index contributed by atoms with van der Waals surface area (Å²) in [6, 6.07) is 0. The second kappa shape index (κ2) is 5.39. The number of hydrogen-bond acceptors (Lipinski definition) is 3. The average Bonchev–Trinajstić information content (AvgIpc) is 2.11. The third kappa shape index (κ3) is 4.04. The molecular formula is C9H15NO4. The lowest BCUT2D eigenvalue weighted by atomic mass is 10.1. The van der Waals surface area contributed by atoms with E-state index in [1.807, 2.05) is 0 Å². The fraction of sp³-hybridized carbons (Fsp3) is 0.556. The topological polar surface area (TPSA) is 86.6 Å². The minimum atomic E-state index is -1.12. The highest BCUT2D eigenvalue weighted by Gasteiger charge is 2.12. The molecule has 0 saturated heterocycles. The molecule has 5 heteroatoms. The van der Waals surface area contributed by atoms with Crippen molar-refractivity contribution in [3.63, 3.8) is 0 Å². The molecule has 0 radical (unpaired) electrons. The predicted octanol–water partition coefficient (Wildman–Crippen LogP) is -0.0956. The molecule has 14 heavy (non-hydrogen) atoms. The van der Waals surface area contributed by atoms with E-state index in [4.69, 9.17) is 10.2 Å². The van der Waals surface area contributed by atoms with Crippen molar-refractivity contribution in [2.24, 2.45) is 0 Å². The highest BCUT2D eigenvalue weighted by Crippen LogP contribution is 2.03. The van der Waals surface area contributed by atoms with E-state index >= 15 is 0 Å². The van der Waals surface area contributed by atoms with Crippen molar-refractivity contribution in [2.45, 2.75) is 26.9 Å². The van der Waals surface area contributed by atoms with Gasteiger partial charge in [-0.05, 0) is 20.8 Å². The van der Waals surface area contributed by atoms with Crippen molar-refractivity contribution in [2.75, 3.05) is 6.54 Å². The van der Waals surface area contributed by atoms with Gasteiger partial charge in [0.15, 0.2) is 0 Å². The Kier molecular flexibility index (Phi) is 4.86. The highest BCUT2D eigenvalue weighted by molar-refractivity contribution is 6.01. The van der Waals surface area contributed by atoms with Crippen LogP contribution in [0.3, 0.4) is 0 Å². The standard InChI is InChI=1S/C9H15NO4/c1-5(11)4-10-8(12)6(2)7(3)9(13)14/h5,11H,4H2,1-3H3,(H,10,12)(H,13,14). The van der Waals surface area contributed by atoms with Crippen LogP contribution in [0, 0.1) is 0 Å². The molecule has 1 amide bonds. The zero-order chi connectivity index (χ0) is 11.3. The molecule has 0 aliphatic carbocycles. The number of carboxylic acid groups (broad SMARTS) is 1. The fourth-order valence-electron chi connectivity index (χ4n) is 0.704. The van der Waals surface area contributed by atoms with Gasteiger partial charge in [0.1, 0.15) is 0 Å². The first-order valence-corrected chi connectivity index (χ1v) is 4.23. The minimum absolute atomic E-state index is 0.00749. The zero-order valence-corrected chi connectivity index (χ0v) is 8.50. The summed E-state index contributed by atoms with van der Waals surface area (Å²) in [7, 11) is 0. The maximum atomic E-state index is 11.2. The van der Waals surface area contributed by atoms with Gasteiger partial charge in [-0.25, -0.2) is 4.79 Å². The van der Waals surface area contributed by atoms with Crippen LogP contribution >= 0.6 is 0 Å². The molecule has 0 bridgehead atoms. The maximum absolute atomic E-state index is 11.2. The predicted molar refractivity (Wildman–Crippen MR) is 50.7 cm³/mol. The van der Waals surface area contributed by atoms with Crippen LogP contribution in [0.4, 0.5) is 0 Å². The first kappa shape index (κ1) is 12.6. The van der Waals surface area contributed by atoms with Crippen molar-refractivity contribution in [3.05, 3.63) is 11.1 Å². The summed E-state index contributed by atoms with van der Waals surface area (Å²) in [4.78, 5) is 21.7. The van der Waals surface area contributed by atoms with E-state index in [2.05, 4.69) is 5.32 Å². The molecule has 5 nitrogen and oxygen atoms in total. The molecule has 80 valence electrons. The second-order valence-corrected chi connectivity index (χ2v) is 3.11. The Morgan fingerprint density at radius 3 is 2.14 bits per heavy atom. The number of carboxylic acids is 1. The quantitative estimate of drug-likeness (QED) is 0.554. The molecule has 0 heterocycles. The molecule has 0 aromatic rings. The van der Waals surface area contributed by atoms with Crippen LogP contribution in [0.5, 0.6) is 0 Å². The molecule has 0 aromatic heterocycles.